The van der Waals surface area contributed by atoms with E-state index in [2.05, 4.69) is 10.6 Å². The Kier molecular flexibility index (Phi) is 9.37. The topological polar surface area (TPSA) is 142 Å². The molecule has 0 aromatic rings. The average molecular weight is 399 g/mol. The normalized spacial score (nSPS) is 19.8. The van der Waals surface area contributed by atoms with Gasteiger partial charge in [0.15, 0.2) is 0 Å². The van der Waals surface area contributed by atoms with E-state index in [1.807, 2.05) is 27.7 Å². The summed E-state index contributed by atoms with van der Waals surface area (Å²) < 4.78 is 0. The van der Waals surface area contributed by atoms with Gasteiger partial charge in [-0.3, -0.25) is 14.4 Å². The highest BCUT2D eigenvalue weighted by molar-refractivity contribution is 5.93. The van der Waals surface area contributed by atoms with E-state index in [0.29, 0.717) is 32.2 Å². The third-order valence-electron chi connectivity index (χ3n) is 5.10. The number of carbonyl (C=O) groups is 4. The Morgan fingerprint density at radius 1 is 1.21 bits per heavy atom. The second-order valence-corrected chi connectivity index (χ2v) is 7.91. The summed E-state index contributed by atoms with van der Waals surface area (Å²) in [5.41, 5.74) is 5.79. The summed E-state index contributed by atoms with van der Waals surface area (Å²) in [6.45, 7) is 7.69. The SMILES string of the molecule is CC[C@H](C)[C@H](NC(=O)CNC(=O)[C@@H](N)CC(C)C)C(=O)N1CCC[C@H]1C(=O)O. The molecule has 0 radical (unpaired) electrons. The van der Waals surface area contributed by atoms with Crippen molar-refractivity contribution in [3.8, 4) is 0 Å². The van der Waals surface area contributed by atoms with Crippen LogP contribution >= 0.6 is 0 Å². The van der Waals surface area contributed by atoms with E-state index in [1.165, 1.54) is 4.90 Å². The van der Waals surface area contributed by atoms with Crippen LogP contribution in [-0.2, 0) is 19.2 Å². The lowest BCUT2D eigenvalue weighted by Gasteiger charge is -2.30. The van der Waals surface area contributed by atoms with Crippen LogP contribution in [0.15, 0.2) is 0 Å². The quantitative estimate of drug-likeness (QED) is 0.411. The van der Waals surface area contributed by atoms with E-state index in [4.69, 9.17) is 5.73 Å². The molecular formula is C19H34N4O5. The minimum absolute atomic E-state index is 0.176. The smallest absolute Gasteiger partial charge is 0.326 e. The minimum atomic E-state index is -1.04. The van der Waals surface area contributed by atoms with Crippen molar-refractivity contribution in [3.05, 3.63) is 0 Å². The van der Waals surface area contributed by atoms with Crippen LogP contribution in [0.3, 0.4) is 0 Å². The molecule has 9 nitrogen and oxygen atoms in total. The number of nitrogens with zero attached hydrogens (tertiary/aromatic N) is 1. The Balaban J connectivity index is 2.70. The number of likely N-dealkylation sites (tertiary alicyclic amines) is 1. The molecule has 160 valence electrons. The second kappa shape index (κ2) is 11.0. The van der Waals surface area contributed by atoms with Crippen LogP contribution in [-0.4, -0.2) is 64.9 Å². The van der Waals surface area contributed by atoms with Gasteiger partial charge in [-0.15, -0.1) is 0 Å². The van der Waals surface area contributed by atoms with Crippen molar-refractivity contribution in [3.63, 3.8) is 0 Å². The standard InChI is InChI=1S/C19H34N4O5/c1-5-12(4)16(18(26)23-8-6-7-14(23)19(27)28)22-15(24)10-21-17(25)13(20)9-11(2)3/h11-14,16H,5-10,20H2,1-4H3,(H,21,25)(H,22,24)(H,27,28)/t12-,13-,14-,16-/m0/s1. The first-order chi connectivity index (χ1) is 13.1. The van der Waals surface area contributed by atoms with Gasteiger partial charge in [-0.1, -0.05) is 34.1 Å². The number of aliphatic carboxylic acids is 1. The lowest BCUT2D eigenvalue weighted by Crippen LogP contribution is -2.56. The number of nitrogens with one attached hydrogen (secondary N) is 2. The Morgan fingerprint density at radius 3 is 2.39 bits per heavy atom. The van der Waals surface area contributed by atoms with Gasteiger partial charge in [0.25, 0.3) is 0 Å². The lowest BCUT2D eigenvalue weighted by molar-refractivity contribution is -0.150. The molecule has 1 saturated heterocycles. The first-order valence-electron chi connectivity index (χ1n) is 9.94. The van der Waals surface area contributed by atoms with Gasteiger partial charge in [-0.25, -0.2) is 4.79 Å². The fourth-order valence-electron chi connectivity index (χ4n) is 3.29. The van der Waals surface area contributed by atoms with Gasteiger partial charge in [0.2, 0.25) is 17.7 Å². The summed E-state index contributed by atoms with van der Waals surface area (Å²) in [5.74, 6) is -2.27. The van der Waals surface area contributed by atoms with E-state index in [1.54, 1.807) is 0 Å². The van der Waals surface area contributed by atoms with Gasteiger partial charge in [0.05, 0.1) is 12.6 Å². The predicted octanol–water partition coefficient (Wildman–Crippen LogP) is 0.0825. The van der Waals surface area contributed by atoms with Crippen LogP contribution in [0.25, 0.3) is 0 Å². The molecule has 0 saturated carbocycles. The maximum atomic E-state index is 12.9. The number of hydrogen-bond donors (Lipinski definition) is 4. The van der Waals surface area contributed by atoms with E-state index in [9.17, 15) is 24.3 Å². The van der Waals surface area contributed by atoms with Gasteiger partial charge in [-0.05, 0) is 31.1 Å². The maximum absolute atomic E-state index is 12.9. The van der Waals surface area contributed by atoms with Crippen molar-refractivity contribution >= 4 is 23.7 Å². The van der Waals surface area contributed by atoms with E-state index < -0.39 is 41.8 Å². The Morgan fingerprint density at radius 2 is 1.86 bits per heavy atom. The Bertz CT molecular complexity index is 581. The van der Waals surface area contributed by atoms with Gasteiger partial charge in [-0.2, -0.15) is 0 Å². The van der Waals surface area contributed by atoms with Crippen LogP contribution in [0.1, 0.15) is 53.4 Å². The van der Waals surface area contributed by atoms with Crippen molar-refractivity contribution in [2.24, 2.45) is 17.6 Å². The van der Waals surface area contributed by atoms with Crippen molar-refractivity contribution < 1.29 is 24.3 Å². The summed E-state index contributed by atoms with van der Waals surface area (Å²) >= 11 is 0. The van der Waals surface area contributed by atoms with Crippen LogP contribution in [0.5, 0.6) is 0 Å². The minimum Gasteiger partial charge on any atom is -0.480 e. The Labute approximate surface area is 166 Å². The van der Waals surface area contributed by atoms with Crippen LogP contribution < -0.4 is 16.4 Å². The van der Waals surface area contributed by atoms with Crippen molar-refractivity contribution in [1.82, 2.24) is 15.5 Å². The molecule has 1 aliphatic rings. The second-order valence-electron chi connectivity index (χ2n) is 7.91. The highest BCUT2D eigenvalue weighted by atomic mass is 16.4. The van der Waals surface area contributed by atoms with Gasteiger partial charge in [0, 0.05) is 6.54 Å². The molecule has 1 aliphatic heterocycles. The zero-order valence-corrected chi connectivity index (χ0v) is 17.2. The van der Waals surface area contributed by atoms with Crippen molar-refractivity contribution in [1.29, 1.82) is 0 Å². The fourth-order valence-corrected chi connectivity index (χ4v) is 3.29. The number of amides is 3. The van der Waals surface area contributed by atoms with Crippen molar-refractivity contribution in [2.75, 3.05) is 13.1 Å². The molecule has 0 aromatic carbocycles. The molecule has 0 spiro atoms. The molecule has 0 aromatic heterocycles. The highest BCUT2D eigenvalue weighted by Gasteiger charge is 2.39. The lowest BCUT2D eigenvalue weighted by atomic mass is 9.97. The molecule has 1 fully saturated rings. The van der Waals surface area contributed by atoms with Crippen LogP contribution in [0, 0.1) is 11.8 Å². The molecule has 0 aliphatic carbocycles. The van der Waals surface area contributed by atoms with Crippen LogP contribution in [0.4, 0.5) is 0 Å². The predicted molar refractivity (Wildman–Crippen MR) is 104 cm³/mol. The summed E-state index contributed by atoms with van der Waals surface area (Å²) in [4.78, 5) is 49.9. The highest BCUT2D eigenvalue weighted by Crippen LogP contribution is 2.21. The maximum Gasteiger partial charge on any atom is 0.326 e. The molecule has 5 N–H and O–H groups in total. The zero-order valence-electron chi connectivity index (χ0n) is 17.2. The monoisotopic (exact) mass is 398 g/mol. The third-order valence-corrected chi connectivity index (χ3v) is 5.10. The summed E-state index contributed by atoms with van der Waals surface area (Å²) in [5, 5.41) is 14.5. The largest absolute Gasteiger partial charge is 0.480 e. The molecule has 9 heteroatoms. The zero-order chi connectivity index (χ0) is 21.4. The molecule has 0 bridgehead atoms. The van der Waals surface area contributed by atoms with Crippen LogP contribution in [0.2, 0.25) is 0 Å². The van der Waals surface area contributed by atoms with E-state index >= 15 is 0 Å². The molecular weight excluding hydrogens is 364 g/mol. The average Bonchev–Trinajstić information content (AvgIpc) is 3.12. The van der Waals surface area contributed by atoms with E-state index in [-0.39, 0.29) is 18.4 Å². The number of carboxylic acids is 1. The third kappa shape index (κ3) is 6.78. The number of carboxylic acid groups (broad SMARTS) is 1. The number of nitrogens with two attached hydrogens (primary N) is 1. The number of carbonyl (C=O) groups excluding carboxylic acids is 3. The molecule has 1 heterocycles. The van der Waals surface area contributed by atoms with Gasteiger partial charge in [0.1, 0.15) is 12.1 Å². The first-order valence-corrected chi connectivity index (χ1v) is 9.94. The van der Waals surface area contributed by atoms with Gasteiger partial charge >= 0.3 is 5.97 Å². The molecule has 0 unspecified atom stereocenters. The summed E-state index contributed by atoms with van der Waals surface area (Å²) in [7, 11) is 0. The van der Waals surface area contributed by atoms with E-state index in [0.717, 1.165) is 0 Å². The molecule has 28 heavy (non-hydrogen) atoms. The number of hydrogen-bond acceptors (Lipinski definition) is 5. The molecule has 3 amide bonds. The first kappa shape index (κ1) is 23.9. The van der Waals surface area contributed by atoms with Gasteiger partial charge < -0.3 is 26.4 Å². The summed E-state index contributed by atoms with van der Waals surface area (Å²) in [6.07, 6.45) is 2.17. The Hall–Kier alpha value is -2.16. The molecule has 1 rings (SSSR count). The van der Waals surface area contributed by atoms with Crippen molar-refractivity contribution in [2.45, 2.75) is 71.5 Å². The molecule has 4 atom stereocenters. The summed E-state index contributed by atoms with van der Waals surface area (Å²) in [6, 6.07) is -2.39. The number of rotatable bonds is 10. The fraction of sp³-hybridized carbons (Fsp3) is 0.789.